The zero-order valence-electron chi connectivity index (χ0n) is 54.8. The van der Waals surface area contributed by atoms with Crippen LogP contribution in [0.1, 0.15) is 60.1 Å². The number of hydrogen-bond acceptors (Lipinski definition) is 23. The molecule has 0 aliphatic heterocycles. The summed E-state index contributed by atoms with van der Waals surface area (Å²) in [5.74, 6) is 1.25. The second-order valence-electron chi connectivity index (χ2n) is 22.8. The van der Waals surface area contributed by atoms with E-state index in [2.05, 4.69) is 56.2 Å². The van der Waals surface area contributed by atoms with Crippen molar-refractivity contribution >= 4 is 90.3 Å². The van der Waals surface area contributed by atoms with Gasteiger partial charge in [-0.3, -0.25) is 19.5 Å². The van der Waals surface area contributed by atoms with E-state index in [0.717, 1.165) is 40.3 Å². The third-order valence-electron chi connectivity index (χ3n) is 13.4. The molecule has 0 fully saturated rings. The van der Waals surface area contributed by atoms with Crippen molar-refractivity contribution in [1.29, 1.82) is 0 Å². The topological polar surface area (TPSA) is 357 Å². The first kappa shape index (κ1) is 75.4. The number of oxazole rings is 4. The SMILES string of the molecule is CC(C)(C)OC(=O)NCC(=CF)COc1ccc2nc(NCc3ccc(C(F)(F)F)nc3)oc2c1.Cc1ccc(CNc2nc3ccc(O)cc3o2)cn1.Cc1ccc(CNc2nc3ccc(OC/C(=C/F)CN)cc3o2)cn1.Cc1ccc(S(=O)(=O)O)cc1.Oc1ccc2nc(Cl)oc2c1. The number of amides is 1. The van der Waals surface area contributed by atoms with Crippen molar-refractivity contribution in [3.05, 3.63) is 221 Å². The predicted molar refractivity (Wildman–Crippen MR) is 367 cm³/mol. The van der Waals surface area contributed by atoms with E-state index < -0.39 is 33.7 Å². The van der Waals surface area contributed by atoms with Crippen LogP contribution in [0.25, 0.3) is 44.4 Å². The van der Waals surface area contributed by atoms with Gasteiger partial charge in [-0.25, -0.2) is 13.6 Å². The van der Waals surface area contributed by atoms with E-state index in [1.165, 1.54) is 30.3 Å². The zero-order chi connectivity index (χ0) is 72.9. The Bertz CT molecular complexity index is 4880. The van der Waals surface area contributed by atoms with Crippen LogP contribution in [-0.4, -0.2) is 96.1 Å². The van der Waals surface area contributed by atoms with E-state index in [4.69, 9.17) is 58.9 Å². The number of nitrogens with one attached hydrogen (secondary N) is 4. The molecule has 0 unspecified atom stereocenters. The van der Waals surface area contributed by atoms with Crippen LogP contribution < -0.4 is 36.5 Å². The molecule has 0 radical (unpaired) electrons. The molecule has 0 bridgehead atoms. The molecule has 530 valence electrons. The predicted octanol–water partition coefficient (Wildman–Crippen LogP) is 15.2. The third kappa shape index (κ3) is 24.2. The Morgan fingerprint density at radius 2 is 1.00 bits per heavy atom. The first-order valence-corrected chi connectivity index (χ1v) is 32.1. The van der Waals surface area contributed by atoms with Gasteiger partial charge in [0.2, 0.25) is 0 Å². The lowest BCUT2D eigenvalue weighted by atomic mass is 10.2. The first-order chi connectivity index (χ1) is 48.1. The summed E-state index contributed by atoms with van der Waals surface area (Å²) in [4.78, 5) is 40.2. The van der Waals surface area contributed by atoms with Crippen LogP contribution >= 0.6 is 11.6 Å². The molecule has 0 saturated heterocycles. The molecule has 9 N–H and O–H groups in total. The summed E-state index contributed by atoms with van der Waals surface area (Å²) in [5.41, 5.74) is 14.4. The fraction of sp³-hybridized carbons (Fsp3) is 0.217. The number of aromatic hydroxyl groups is 2. The number of fused-ring (bicyclic) bond motifs is 4. The number of carbonyl (C=O) groups is 1. The van der Waals surface area contributed by atoms with Crippen LogP contribution in [-0.2, 0) is 40.7 Å². The van der Waals surface area contributed by atoms with Gasteiger partial charge in [-0.15, -0.1) is 0 Å². The van der Waals surface area contributed by atoms with Gasteiger partial charge in [0.15, 0.2) is 22.3 Å². The lowest BCUT2D eigenvalue weighted by Gasteiger charge is -2.20. The molecule has 1 amide bonds. The Morgan fingerprint density at radius 1 is 0.574 bits per heavy atom. The van der Waals surface area contributed by atoms with Gasteiger partial charge in [-0.05, 0) is 149 Å². The highest BCUT2D eigenvalue weighted by Gasteiger charge is 2.32. The summed E-state index contributed by atoms with van der Waals surface area (Å²) < 4.78 is 131. The average Bonchev–Trinajstić information content (AvgIpc) is 1.71. The second kappa shape index (κ2) is 34.9. The maximum atomic E-state index is 13.2. The number of aryl methyl sites for hydroxylation is 3. The molecule has 12 aromatic rings. The Balaban J connectivity index is 0.000000171. The van der Waals surface area contributed by atoms with Crippen LogP contribution in [0.4, 0.5) is 44.8 Å². The second-order valence-corrected chi connectivity index (χ2v) is 24.5. The highest BCUT2D eigenvalue weighted by molar-refractivity contribution is 7.85. The minimum absolute atomic E-state index is 0.0666. The van der Waals surface area contributed by atoms with E-state index in [1.807, 2.05) is 57.4 Å². The molecular weight excluding hydrogens is 1370 g/mol. The average molecular weight is 1440 g/mol. The Labute approximate surface area is 579 Å². The quantitative estimate of drug-likeness (QED) is 0.0275. The summed E-state index contributed by atoms with van der Waals surface area (Å²) in [7, 11) is -4.02. The summed E-state index contributed by atoms with van der Waals surface area (Å²) in [6.07, 6.45) is 0.393. The standard InChI is InChI=1S/C23H24F4N4O4.C18H19FN4O2.C14H13N3O2.C7H4ClNO2.C7H8O3S/c1-22(2,3)35-21(32)30-12-15(9-24)13-33-16-5-6-17-18(8-16)34-20(31-17)29-11-14-4-7-19(28-10-14)23(25,26)27;1-12-2-3-13(9-21-12)10-22-18-23-16-5-4-15(6-17(16)25-18)24-11-14(7-19)8-20;1-9-2-3-10(7-15-9)8-16-14-17-12-5-4-11(18)6-13(12)19-14;8-7-9-5-2-1-4(10)3-6(5)11-7;1-6-2-4-7(5-3-6)11(8,9)10/h4-10H,11-13H2,1-3H3,(H,29,31)(H,30,32);2-7,9H,8,10-11,20H2,1H3,(H,22,23);2-7,18H,8H2,1H3,(H,16,17);1-3,10H;2-5H,1H3,(H,8,9,10)/b;14-7+;;;. The largest absolute Gasteiger partial charge is 0.508 e. The summed E-state index contributed by atoms with van der Waals surface area (Å²) in [5, 5.41) is 30.0. The molecule has 0 aliphatic carbocycles. The smallest absolute Gasteiger partial charge is 0.433 e. The number of nitrogens with zero attached hydrogens (tertiary/aromatic N) is 7. The molecule has 25 nitrogen and oxygen atoms in total. The number of carbonyl (C=O) groups excluding carboxylic acids is 1. The van der Waals surface area contributed by atoms with Crippen molar-refractivity contribution in [3.63, 3.8) is 0 Å². The number of aromatic nitrogens is 7. The number of halogens is 6. The number of phenolic OH excluding ortho intramolecular Hbond substituents is 2. The number of rotatable bonds is 19. The van der Waals surface area contributed by atoms with Crippen molar-refractivity contribution in [2.45, 2.75) is 77.8 Å². The van der Waals surface area contributed by atoms with Crippen molar-refractivity contribution in [3.8, 4) is 23.0 Å². The highest BCUT2D eigenvalue weighted by atomic mass is 35.5. The van der Waals surface area contributed by atoms with Crippen LogP contribution in [0.2, 0.25) is 5.35 Å². The monoisotopic (exact) mass is 1430 g/mol. The number of benzene rings is 5. The number of phenols is 2. The van der Waals surface area contributed by atoms with Crippen molar-refractivity contribution in [2.75, 3.05) is 42.3 Å². The van der Waals surface area contributed by atoms with Crippen LogP contribution in [0.15, 0.2) is 198 Å². The lowest BCUT2D eigenvalue weighted by molar-refractivity contribution is -0.141. The number of anilines is 3. The Kier molecular flexibility index (Phi) is 26.0. The Hall–Kier alpha value is -11.4. The molecule has 0 atom stereocenters. The van der Waals surface area contributed by atoms with Crippen molar-refractivity contribution < 1.29 is 81.8 Å². The number of ether oxygens (including phenoxy) is 3. The van der Waals surface area contributed by atoms with Gasteiger partial charge in [0.05, 0.1) is 17.6 Å². The molecule has 101 heavy (non-hydrogen) atoms. The zero-order valence-corrected chi connectivity index (χ0v) is 56.4. The van der Waals surface area contributed by atoms with Gasteiger partial charge in [0.25, 0.3) is 33.5 Å². The molecule has 0 spiro atoms. The van der Waals surface area contributed by atoms with E-state index in [-0.39, 0.29) is 66.2 Å². The van der Waals surface area contributed by atoms with Gasteiger partial charge in [-0.1, -0.05) is 35.9 Å². The van der Waals surface area contributed by atoms with Gasteiger partial charge in [-0.2, -0.15) is 41.5 Å². The van der Waals surface area contributed by atoms with Gasteiger partial charge in [0.1, 0.15) is 69.6 Å². The van der Waals surface area contributed by atoms with E-state index in [0.29, 0.717) is 105 Å². The van der Waals surface area contributed by atoms with Gasteiger partial charge >= 0.3 is 12.3 Å². The number of hydrogen-bond donors (Lipinski definition) is 8. The van der Waals surface area contributed by atoms with E-state index in [9.17, 15) is 40.3 Å². The van der Waals surface area contributed by atoms with Crippen LogP contribution in [0, 0.1) is 20.8 Å². The molecule has 0 aliphatic rings. The number of alkyl halides is 3. The summed E-state index contributed by atoms with van der Waals surface area (Å²) >= 11 is 5.48. The summed E-state index contributed by atoms with van der Waals surface area (Å²) in [6.45, 7) is 12.2. The molecule has 7 heterocycles. The molecule has 12 rings (SSSR count). The fourth-order valence-corrected chi connectivity index (χ4v) is 8.92. The minimum Gasteiger partial charge on any atom is -0.508 e. The van der Waals surface area contributed by atoms with Crippen molar-refractivity contribution in [2.24, 2.45) is 5.73 Å². The number of nitrogens with two attached hydrogens (primary N) is 1. The number of pyridine rings is 3. The molecule has 32 heteroatoms. The van der Waals surface area contributed by atoms with E-state index in [1.54, 1.807) is 93.6 Å². The molecule has 0 saturated carbocycles. The van der Waals surface area contributed by atoms with E-state index >= 15 is 0 Å². The number of alkyl carbamates (subject to hydrolysis) is 1. The maximum absolute atomic E-state index is 13.2. The third-order valence-corrected chi connectivity index (χ3v) is 14.5. The van der Waals surface area contributed by atoms with Crippen LogP contribution in [0.3, 0.4) is 0 Å². The minimum atomic E-state index is -4.50. The molecule has 7 aromatic heterocycles. The van der Waals surface area contributed by atoms with Gasteiger partial charge < -0.3 is 69.1 Å². The molecule has 5 aromatic carbocycles. The van der Waals surface area contributed by atoms with Crippen molar-refractivity contribution in [1.82, 2.24) is 40.2 Å². The van der Waals surface area contributed by atoms with Crippen LogP contribution in [0.5, 0.6) is 23.0 Å². The molecular formula is C69H68ClF5N12O13S. The maximum Gasteiger partial charge on any atom is 0.433 e. The summed E-state index contributed by atoms with van der Waals surface area (Å²) in [6, 6.07) is 36.7. The fourth-order valence-electron chi connectivity index (χ4n) is 8.27. The van der Waals surface area contributed by atoms with Gasteiger partial charge in [0, 0.05) is 98.1 Å². The Morgan fingerprint density at radius 3 is 1.41 bits per heavy atom. The normalized spacial score (nSPS) is 11.7. The lowest BCUT2D eigenvalue weighted by Crippen LogP contribution is -2.34. The first-order valence-electron chi connectivity index (χ1n) is 30.3. The highest BCUT2D eigenvalue weighted by Crippen LogP contribution is 2.30.